The number of allylic oxidation sites excluding steroid dienone is 2. The highest BCUT2D eigenvalue weighted by molar-refractivity contribution is 7.15. The highest BCUT2D eigenvalue weighted by Gasteiger charge is 2.59. The van der Waals surface area contributed by atoms with E-state index in [9.17, 15) is 14.4 Å². The number of aromatic nitrogens is 1. The maximum absolute atomic E-state index is 12.5. The molecule has 4 atom stereocenters. The molecule has 3 aliphatic rings. The molecule has 23 heavy (non-hydrogen) atoms. The van der Waals surface area contributed by atoms with Crippen molar-refractivity contribution in [1.82, 2.24) is 9.88 Å². The Balaban J connectivity index is 1.46. The van der Waals surface area contributed by atoms with Crippen LogP contribution in [0.2, 0.25) is 0 Å². The molecule has 6 nitrogen and oxygen atoms in total. The fraction of sp³-hybridized carbons (Fsp3) is 0.500. The zero-order valence-corrected chi connectivity index (χ0v) is 13.7. The first-order valence-corrected chi connectivity index (χ1v) is 8.55. The van der Waals surface area contributed by atoms with Crippen molar-refractivity contribution in [3.63, 3.8) is 0 Å². The van der Waals surface area contributed by atoms with E-state index in [4.69, 9.17) is 0 Å². The lowest BCUT2D eigenvalue weighted by atomic mass is 9.85. The Labute approximate surface area is 137 Å². The second-order valence-electron chi connectivity index (χ2n) is 6.47. The van der Waals surface area contributed by atoms with Gasteiger partial charge in [0, 0.05) is 4.88 Å². The molecule has 1 saturated heterocycles. The smallest absolute Gasteiger partial charge is 0.246 e. The third-order valence-corrected chi connectivity index (χ3v) is 6.13. The van der Waals surface area contributed by atoms with Crippen molar-refractivity contribution in [1.29, 1.82) is 0 Å². The van der Waals surface area contributed by atoms with Crippen LogP contribution in [0.1, 0.15) is 17.0 Å². The van der Waals surface area contributed by atoms with Crippen LogP contribution in [0.5, 0.6) is 0 Å². The molecule has 0 spiro atoms. The van der Waals surface area contributed by atoms with Crippen molar-refractivity contribution in [3.8, 4) is 0 Å². The summed E-state index contributed by atoms with van der Waals surface area (Å²) in [6.45, 7) is 3.58. The largest absolute Gasteiger partial charge is 0.300 e. The summed E-state index contributed by atoms with van der Waals surface area (Å²) < 4.78 is 0. The minimum Gasteiger partial charge on any atom is -0.300 e. The number of carbonyl (C=O) groups excluding carboxylic acids is 3. The van der Waals surface area contributed by atoms with E-state index in [-0.39, 0.29) is 47.9 Å². The Hall–Kier alpha value is -2.02. The normalized spacial score (nSPS) is 31.1. The van der Waals surface area contributed by atoms with Crippen LogP contribution < -0.4 is 5.32 Å². The van der Waals surface area contributed by atoms with Crippen molar-refractivity contribution >= 4 is 34.2 Å². The number of anilines is 1. The van der Waals surface area contributed by atoms with Gasteiger partial charge in [-0.05, 0) is 32.1 Å². The summed E-state index contributed by atoms with van der Waals surface area (Å²) >= 11 is 1.39. The predicted molar refractivity (Wildman–Crippen MR) is 84.7 cm³/mol. The van der Waals surface area contributed by atoms with Gasteiger partial charge in [-0.25, -0.2) is 4.98 Å². The lowest BCUT2D eigenvalue weighted by Gasteiger charge is -2.16. The topological polar surface area (TPSA) is 79.4 Å². The zero-order valence-electron chi connectivity index (χ0n) is 12.9. The van der Waals surface area contributed by atoms with Crippen molar-refractivity contribution in [2.45, 2.75) is 20.3 Å². The molecule has 2 aliphatic carbocycles. The van der Waals surface area contributed by atoms with Crippen LogP contribution in [-0.4, -0.2) is 34.2 Å². The molecular weight excluding hydrogens is 314 g/mol. The van der Waals surface area contributed by atoms with E-state index < -0.39 is 0 Å². The number of imide groups is 1. The van der Waals surface area contributed by atoms with Crippen molar-refractivity contribution in [2.24, 2.45) is 23.7 Å². The molecule has 120 valence electrons. The fourth-order valence-corrected chi connectivity index (χ4v) is 4.78. The van der Waals surface area contributed by atoms with Gasteiger partial charge in [-0.1, -0.05) is 12.2 Å². The summed E-state index contributed by atoms with van der Waals surface area (Å²) in [5, 5.41) is 3.19. The Morgan fingerprint density at radius 3 is 2.39 bits per heavy atom. The standard InChI is InChI=1S/C16H17N3O3S/c1-7-8(2)23-16(17-7)18-11(20)6-19-14(21)12-9-3-4-10(5-9)13(12)15(19)22/h3-4,9-10,12-13H,5-6H2,1-2H3,(H,17,18,20)/t9-,10-,12+,13+/m0/s1. The maximum atomic E-state index is 12.5. The number of hydrogen-bond donors (Lipinski definition) is 1. The number of fused-ring (bicyclic) bond motifs is 5. The highest BCUT2D eigenvalue weighted by Crippen LogP contribution is 2.52. The Kier molecular flexibility index (Phi) is 3.16. The van der Waals surface area contributed by atoms with Gasteiger partial charge in [0.25, 0.3) is 0 Å². The zero-order chi connectivity index (χ0) is 16.3. The number of nitrogens with zero attached hydrogens (tertiary/aromatic N) is 2. The maximum Gasteiger partial charge on any atom is 0.246 e. The van der Waals surface area contributed by atoms with Crippen LogP contribution in [0.4, 0.5) is 5.13 Å². The number of carbonyl (C=O) groups is 3. The molecule has 1 aliphatic heterocycles. The average Bonchev–Trinajstić information content (AvgIpc) is 3.22. The third kappa shape index (κ3) is 2.14. The van der Waals surface area contributed by atoms with Gasteiger partial charge in [0.2, 0.25) is 17.7 Å². The van der Waals surface area contributed by atoms with Crippen LogP contribution >= 0.6 is 11.3 Å². The summed E-state index contributed by atoms with van der Waals surface area (Å²) in [7, 11) is 0. The van der Waals surface area contributed by atoms with Crippen molar-refractivity contribution in [3.05, 3.63) is 22.7 Å². The van der Waals surface area contributed by atoms with Gasteiger partial charge in [-0.15, -0.1) is 11.3 Å². The van der Waals surface area contributed by atoms with Crippen LogP contribution in [0.3, 0.4) is 0 Å². The van der Waals surface area contributed by atoms with Gasteiger partial charge in [-0.3, -0.25) is 19.3 Å². The molecule has 1 aromatic rings. The van der Waals surface area contributed by atoms with Gasteiger partial charge in [-0.2, -0.15) is 0 Å². The number of aryl methyl sites for hydroxylation is 2. The molecule has 0 unspecified atom stereocenters. The molecule has 0 aromatic carbocycles. The molecular formula is C16H17N3O3S. The molecule has 1 saturated carbocycles. The number of amides is 3. The summed E-state index contributed by atoms with van der Waals surface area (Å²) in [6.07, 6.45) is 4.98. The van der Waals surface area contributed by atoms with Gasteiger partial charge in [0.15, 0.2) is 5.13 Å². The minimum atomic E-state index is -0.374. The Morgan fingerprint density at radius 2 is 1.87 bits per heavy atom. The van der Waals surface area contributed by atoms with Gasteiger partial charge in [0.1, 0.15) is 6.54 Å². The molecule has 3 amide bonds. The van der Waals surface area contributed by atoms with Gasteiger partial charge < -0.3 is 5.32 Å². The Bertz CT molecular complexity index is 704. The molecule has 2 heterocycles. The van der Waals surface area contributed by atoms with Crippen LogP contribution in [-0.2, 0) is 14.4 Å². The molecule has 7 heteroatoms. The van der Waals surface area contributed by atoms with E-state index in [0.717, 1.165) is 21.9 Å². The van der Waals surface area contributed by atoms with E-state index in [2.05, 4.69) is 10.3 Å². The lowest BCUT2D eigenvalue weighted by Crippen LogP contribution is -2.39. The minimum absolute atomic E-state index is 0.166. The van der Waals surface area contributed by atoms with E-state index in [1.54, 1.807) is 0 Å². The molecule has 2 bridgehead atoms. The summed E-state index contributed by atoms with van der Waals surface area (Å²) in [5.74, 6) is -0.945. The van der Waals surface area contributed by atoms with Crippen molar-refractivity contribution in [2.75, 3.05) is 11.9 Å². The number of thiazole rings is 1. The van der Waals surface area contributed by atoms with E-state index in [1.807, 2.05) is 26.0 Å². The molecule has 4 rings (SSSR count). The van der Waals surface area contributed by atoms with Gasteiger partial charge in [0.05, 0.1) is 17.5 Å². The van der Waals surface area contributed by atoms with Crippen LogP contribution in [0.15, 0.2) is 12.2 Å². The number of likely N-dealkylation sites (tertiary alicyclic amines) is 1. The average molecular weight is 331 g/mol. The molecule has 1 N–H and O–H groups in total. The van der Waals surface area contributed by atoms with Crippen LogP contribution in [0.25, 0.3) is 0 Å². The first-order valence-electron chi connectivity index (χ1n) is 7.73. The molecule has 1 aromatic heterocycles. The van der Waals surface area contributed by atoms with E-state index >= 15 is 0 Å². The Morgan fingerprint density at radius 1 is 1.26 bits per heavy atom. The molecule has 2 fully saturated rings. The summed E-state index contributed by atoms with van der Waals surface area (Å²) in [4.78, 5) is 43.6. The first kappa shape index (κ1) is 14.6. The van der Waals surface area contributed by atoms with Gasteiger partial charge >= 0.3 is 0 Å². The first-order chi connectivity index (χ1) is 11.0. The predicted octanol–water partition coefficient (Wildman–Crippen LogP) is 1.51. The summed E-state index contributed by atoms with van der Waals surface area (Å²) in [5.41, 5.74) is 0.871. The monoisotopic (exact) mass is 331 g/mol. The second kappa shape index (κ2) is 4.99. The van der Waals surface area contributed by atoms with E-state index in [0.29, 0.717) is 5.13 Å². The van der Waals surface area contributed by atoms with E-state index in [1.165, 1.54) is 11.3 Å². The number of hydrogen-bond acceptors (Lipinski definition) is 5. The van der Waals surface area contributed by atoms with Crippen molar-refractivity contribution < 1.29 is 14.4 Å². The highest BCUT2D eigenvalue weighted by atomic mass is 32.1. The lowest BCUT2D eigenvalue weighted by molar-refractivity contribution is -0.143. The van der Waals surface area contributed by atoms with Crippen LogP contribution in [0, 0.1) is 37.5 Å². The molecule has 0 radical (unpaired) electrons. The fourth-order valence-electron chi connectivity index (χ4n) is 3.95. The number of nitrogens with one attached hydrogen (secondary N) is 1. The second-order valence-corrected chi connectivity index (χ2v) is 7.67. The third-order valence-electron chi connectivity index (χ3n) is 5.14. The SMILES string of the molecule is Cc1nc(NC(=O)CN2C(=O)[C@H]3[C@H](C2=O)[C@H]2C=C[C@H]3C2)sc1C. The summed E-state index contributed by atoms with van der Waals surface area (Å²) in [6, 6.07) is 0. The number of rotatable bonds is 3. The quantitative estimate of drug-likeness (QED) is 0.672.